The number of amides is 1. The standard InChI is InChI=1S/C15H18N2O2.ClH/c1-11-12-5-3-4-6-13(12)19-14(11)15(18)17-9-7-16(2)8-10-17;/h3-6H,7-10H2,1-2H3;1H/p-1. The first kappa shape index (κ1) is 14.9. The van der Waals surface area contributed by atoms with E-state index in [0.717, 1.165) is 42.7 Å². The maximum Gasteiger partial charge on any atom is 0.289 e. The molecular formula is C15H18ClN2O2-. The number of rotatable bonds is 1. The Morgan fingerprint density at radius 1 is 1.15 bits per heavy atom. The smallest absolute Gasteiger partial charge is 0.289 e. The number of benzene rings is 1. The van der Waals surface area contributed by atoms with Crippen molar-refractivity contribution in [2.45, 2.75) is 6.92 Å². The van der Waals surface area contributed by atoms with Gasteiger partial charge in [-0.05, 0) is 20.0 Å². The number of carbonyl (C=O) groups excluding carboxylic acids is 1. The van der Waals surface area contributed by atoms with Crippen LogP contribution in [0, 0.1) is 6.92 Å². The van der Waals surface area contributed by atoms with Crippen molar-refractivity contribution in [3.05, 3.63) is 35.6 Å². The molecule has 0 spiro atoms. The summed E-state index contributed by atoms with van der Waals surface area (Å²) >= 11 is 0. The number of fused-ring (bicyclic) bond motifs is 1. The van der Waals surface area contributed by atoms with Gasteiger partial charge in [-0.2, -0.15) is 0 Å². The van der Waals surface area contributed by atoms with Crippen LogP contribution in [-0.4, -0.2) is 48.9 Å². The predicted octanol–water partition coefficient (Wildman–Crippen LogP) is -0.867. The molecule has 1 aliphatic heterocycles. The second-order valence-corrected chi connectivity index (χ2v) is 5.15. The van der Waals surface area contributed by atoms with Crippen LogP contribution < -0.4 is 12.4 Å². The number of carbonyl (C=O) groups is 1. The molecule has 2 aromatic rings. The number of nitrogens with zero attached hydrogens (tertiary/aromatic N) is 2. The molecular weight excluding hydrogens is 276 g/mol. The monoisotopic (exact) mass is 293 g/mol. The zero-order valence-electron chi connectivity index (χ0n) is 11.7. The molecule has 20 heavy (non-hydrogen) atoms. The van der Waals surface area contributed by atoms with Gasteiger partial charge in [0.25, 0.3) is 5.91 Å². The summed E-state index contributed by atoms with van der Waals surface area (Å²) < 4.78 is 5.74. The first-order valence-corrected chi connectivity index (χ1v) is 6.63. The largest absolute Gasteiger partial charge is 1.00 e. The number of para-hydroxylation sites is 1. The highest BCUT2D eigenvalue weighted by atomic mass is 35.5. The lowest BCUT2D eigenvalue weighted by Gasteiger charge is -2.31. The quantitative estimate of drug-likeness (QED) is 0.686. The fourth-order valence-corrected chi connectivity index (χ4v) is 2.53. The lowest BCUT2D eigenvalue weighted by atomic mass is 10.1. The minimum Gasteiger partial charge on any atom is -1.00 e. The van der Waals surface area contributed by atoms with Crippen LogP contribution in [0.25, 0.3) is 11.0 Å². The molecule has 5 heteroatoms. The Labute approximate surface area is 124 Å². The molecule has 0 radical (unpaired) electrons. The van der Waals surface area contributed by atoms with Gasteiger partial charge >= 0.3 is 0 Å². The number of aryl methyl sites for hydroxylation is 1. The summed E-state index contributed by atoms with van der Waals surface area (Å²) in [5.41, 5.74) is 1.73. The zero-order valence-corrected chi connectivity index (χ0v) is 12.5. The van der Waals surface area contributed by atoms with E-state index in [-0.39, 0.29) is 18.3 Å². The van der Waals surface area contributed by atoms with Crippen LogP contribution in [0.3, 0.4) is 0 Å². The molecule has 0 aliphatic carbocycles. The fraction of sp³-hybridized carbons (Fsp3) is 0.400. The Morgan fingerprint density at radius 3 is 2.45 bits per heavy atom. The Bertz CT molecular complexity index is 615. The highest BCUT2D eigenvalue weighted by Gasteiger charge is 2.25. The molecule has 1 aromatic heterocycles. The minimum absolute atomic E-state index is 0. The Kier molecular flexibility index (Phi) is 4.35. The highest BCUT2D eigenvalue weighted by molar-refractivity contribution is 5.98. The highest BCUT2D eigenvalue weighted by Crippen LogP contribution is 2.26. The maximum atomic E-state index is 12.5. The van der Waals surface area contributed by atoms with E-state index in [2.05, 4.69) is 11.9 Å². The van der Waals surface area contributed by atoms with Crippen molar-refractivity contribution in [1.29, 1.82) is 0 Å². The van der Waals surface area contributed by atoms with Crippen LogP contribution in [0.15, 0.2) is 28.7 Å². The number of furan rings is 1. The van der Waals surface area contributed by atoms with Crippen molar-refractivity contribution in [1.82, 2.24) is 9.80 Å². The van der Waals surface area contributed by atoms with Crippen molar-refractivity contribution in [3.63, 3.8) is 0 Å². The van der Waals surface area contributed by atoms with Crippen LogP contribution in [-0.2, 0) is 0 Å². The predicted molar refractivity (Wildman–Crippen MR) is 74.4 cm³/mol. The van der Waals surface area contributed by atoms with E-state index >= 15 is 0 Å². The van der Waals surface area contributed by atoms with Crippen molar-refractivity contribution in [2.75, 3.05) is 33.2 Å². The first-order valence-electron chi connectivity index (χ1n) is 6.63. The molecule has 0 N–H and O–H groups in total. The summed E-state index contributed by atoms with van der Waals surface area (Å²) in [6.45, 7) is 5.34. The van der Waals surface area contributed by atoms with Gasteiger partial charge in [-0.1, -0.05) is 18.2 Å². The molecule has 0 bridgehead atoms. The normalized spacial score (nSPS) is 16.2. The average Bonchev–Trinajstić information content (AvgIpc) is 2.77. The van der Waals surface area contributed by atoms with Gasteiger partial charge in [-0.25, -0.2) is 0 Å². The summed E-state index contributed by atoms with van der Waals surface area (Å²) in [5, 5.41) is 1.03. The Balaban J connectivity index is 0.00000147. The molecule has 1 saturated heterocycles. The van der Waals surface area contributed by atoms with Crippen LogP contribution in [0.1, 0.15) is 16.1 Å². The van der Waals surface area contributed by atoms with Gasteiger partial charge < -0.3 is 26.6 Å². The van der Waals surface area contributed by atoms with Crippen LogP contribution in [0.2, 0.25) is 0 Å². The van der Waals surface area contributed by atoms with E-state index in [1.54, 1.807) is 0 Å². The summed E-state index contributed by atoms with van der Waals surface area (Å²) in [7, 11) is 2.08. The fourth-order valence-electron chi connectivity index (χ4n) is 2.53. The molecule has 108 valence electrons. The molecule has 1 fully saturated rings. The molecule has 1 amide bonds. The number of piperazine rings is 1. The van der Waals surface area contributed by atoms with Crippen LogP contribution >= 0.6 is 0 Å². The van der Waals surface area contributed by atoms with Crippen molar-refractivity contribution in [2.24, 2.45) is 0 Å². The maximum absolute atomic E-state index is 12.5. The van der Waals surface area contributed by atoms with Crippen LogP contribution in [0.5, 0.6) is 0 Å². The number of hydrogen-bond acceptors (Lipinski definition) is 3. The van der Waals surface area contributed by atoms with E-state index in [1.165, 1.54) is 0 Å². The molecule has 0 atom stereocenters. The molecule has 2 heterocycles. The minimum atomic E-state index is 0. The van der Waals surface area contributed by atoms with Gasteiger partial charge in [0, 0.05) is 37.1 Å². The van der Waals surface area contributed by atoms with Crippen molar-refractivity contribution in [3.8, 4) is 0 Å². The molecule has 4 nitrogen and oxygen atoms in total. The summed E-state index contributed by atoms with van der Waals surface area (Å²) in [6, 6.07) is 7.79. The van der Waals surface area contributed by atoms with Gasteiger partial charge in [0.05, 0.1) is 0 Å². The Hall–Kier alpha value is -1.52. The van der Waals surface area contributed by atoms with E-state index in [0.29, 0.717) is 5.76 Å². The zero-order chi connectivity index (χ0) is 13.4. The SMILES string of the molecule is Cc1c(C(=O)N2CCN(C)CC2)oc2ccccc12.[Cl-]. The van der Waals surface area contributed by atoms with Gasteiger partial charge in [-0.15, -0.1) is 0 Å². The molecule has 1 aromatic carbocycles. The third-order valence-electron chi connectivity index (χ3n) is 3.83. The molecule has 1 aliphatic rings. The van der Waals surface area contributed by atoms with Crippen LogP contribution in [0.4, 0.5) is 0 Å². The number of halogens is 1. The topological polar surface area (TPSA) is 36.7 Å². The lowest BCUT2D eigenvalue weighted by Crippen LogP contribution is -3.00. The van der Waals surface area contributed by atoms with Gasteiger partial charge in [0.15, 0.2) is 5.76 Å². The summed E-state index contributed by atoms with van der Waals surface area (Å²) in [6.07, 6.45) is 0. The van der Waals surface area contributed by atoms with E-state index < -0.39 is 0 Å². The Morgan fingerprint density at radius 2 is 1.80 bits per heavy atom. The van der Waals surface area contributed by atoms with Gasteiger partial charge in [0.2, 0.25) is 0 Å². The summed E-state index contributed by atoms with van der Waals surface area (Å²) in [4.78, 5) is 16.6. The third-order valence-corrected chi connectivity index (χ3v) is 3.83. The third kappa shape index (κ3) is 2.53. The van der Waals surface area contributed by atoms with Gasteiger partial charge in [0.1, 0.15) is 5.58 Å². The summed E-state index contributed by atoms with van der Waals surface area (Å²) in [5.74, 6) is 0.507. The number of likely N-dealkylation sites (N-methyl/N-ethyl adjacent to an activating group) is 1. The second kappa shape index (κ2) is 5.85. The van der Waals surface area contributed by atoms with Gasteiger partial charge in [-0.3, -0.25) is 4.79 Å². The first-order chi connectivity index (χ1) is 9.16. The molecule has 0 unspecified atom stereocenters. The van der Waals surface area contributed by atoms with E-state index in [9.17, 15) is 4.79 Å². The average molecular weight is 294 g/mol. The molecule has 0 saturated carbocycles. The number of hydrogen-bond donors (Lipinski definition) is 0. The van der Waals surface area contributed by atoms with Crippen molar-refractivity contribution < 1.29 is 21.6 Å². The van der Waals surface area contributed by atoms with Crippen molar-refractivity contribution >= 4 is 16.9 Å². The lowest BCUT2D eigenvalue weighted by molar-refractivity contribution is -0.0000146. The second-order valence-electron chi connectivity index (χ2n) is 5.15. The van der Waals surface area contributed by atoms with E-state index in [1.807, 2.05) is 36.1 Å². The van der Waals surface area contributed by atoms with E-state index in [4.69, 9.17) is 4.42 Å². The molecule has 3 rings (SSSR count).